The van der Waals surface area contributed by atoms with Crippen molar-refractivity contribution in [2.75, 3.05) is 32.1 Å². The Morgan fingerprint density at radius 3 is 2.62 bits per heavy atom. The first-order chi connectivity index (χ1) is 13.9. The molecule has 0 unspecified atom stereocenters. The molecule has 5 nitrogen and oxygen atoms in total. The van der Waals surface area contributed by atoms with Gasteiger partial charge in [-0.05, 0) is 48.1 Å². The molecule has 0 spiro atoms. The third-order valence-corrected chi connectivity index (χ3v) is 5.87. The highest BCUT2D eigenvalue weighted by Gasteiger charge is 2.33. The Kier molecular flexibility index (Phi) is 6.89. The molecule has 3 rings (SSSR count). The normalized spacial score (nSPS) is 16.0. The summed E-state index contributed by atoms with van der Waals surface area (Å²) in [5.74, 6) is 0.685. The minimum Gasteiger partial charge on any atom is -0.497 e. The summed E-state index contributed by atoms with van der Waals surface area (Å²) < 4.78 is 45.0. The van der Waals surface area contributed by atoms with E-state index in [2.05, 4.69) is 32.0 Å². The van der Waals surface area contributed by atoms with Crippen molar-refractivity contribution in [3.63, 3.8) is 0 Å². The van der Waals surface area contributed by atoms with Crippen LogP contribution in [0.15, 0.2) is 40.7 Å². The monoisotopic (exact) mass is 426 g/mol. The van der Waals surface area contributed by atoms with Crippen LogP contribution >= 0.6 is 11.3 Å². The van der Waals surface area contributed by atoms with E-state index in [-0.39, 0.29) is 23.9 Å². The molecule has 1 fully saturated rings. The Balaban J connectivity index is 1.56. The number of hydrogen-bond acceptors (Lipinski definition) is 4. The number of piperidine rings is 1. The number of alkyl halides is 3. The van der Waals surface area contributed by atoms with Gasteiger partial charge in [-0.1, -0.05) is 6.07 Å². The summed E-state index contributed by atoms with van der Waals surface area (Å²) in [5.41, 5.74) is -0.558. The van der Waals surface area contributed by atoms with Gasteiger partial charge >= 0.3 is 6.18 Å². The molecule has 1 aliphatic heterocycles. The summed E-state index contributed by atoms with van der Waals surface area (Å²) in [4.78, 5) is 6.52. The molecular formula is C20H25F3N4OS. The van der Waals surface area contributed by atoms with E-state index >= 15 is 0 Å². The maximum atomic E-state index is 13.4. The number of nitrogens with zero attached hydrogens (tertiary/aromatic N) is 2. The van der Waals surface area contributed by atoms with E-state index in [9.17, 15) is 13.2 Å². The van der Waals surface area contributed by atoms with E-state index in [0.29, 0.717) is 5.96 Å². The zero-order valence-corrected chi connectivity index (χ0v) is 17.2. The number of hydrogen-bond donors (Lipinski definition) is 2. The van der Waals surface area contributed by atoms with Gasteiger partial charge in [-0.15, -0.1) is 11.3 Å². The lowest BCUT2D eigenvalue weighted by Crippen LogP contribution is -2.48. The fraction of sp³-hybridized carbons (Fsp3) is 0.450. The Hall–Kier alpha value is -2.42. The predicted octanol–water partition coefficient (Wildman–Crippen LogP) is 4.11. The summed E-state index contributed by atoms with van der Waals surface area (Å²) >= 11 is 1.73. The molecule has 1 saturated heterocycles. The van der Waals surface area contributed by atoms with Crippen molar-refractivity contribution in [2.45, 2.75) is 31.6 Å². The first kappa shape index (κ1) is 21.3. The zero-order valence-electron chi connectivity index (χ0n) is 16.4. The second-order valence-electron chi connectivity index (χ2n) is 6.80. The maximum Gasteiger partial charge on any atom is 0.416 e. The van der Waals surface area contributed by atoms with Crippen LogP contribution in [0.5, 0.6) is 5.75 Å². The number of benzene rings is 1. The van der Waals surface area contributed by atoms with Crippen LogP contribution in [0.25, 0.3) is 0 Å². The third-order valence-electron chi connectivity index (χ3n) is 4.95. The lowest BCUT2D eigenvalue weighted by atomic mass is 10.1. The van der Waals surface area contributed by atoms with Gasteiger partial charge in [0.1, 0.15) is 5.75 Å². The van der Waals surface area contributed by atoms with Crippen molar-refractivity contribution in [1.29, 1.82) is 0 Å². The van der Waals surface area contributed by atoms with Gasteiger partial charge in [-0.3, -0.25) is 4.99 Å². The van der Waals surface area contributed by atoms with Gasteiger partial charge in [-0.25, -0.2) is 0 Å². The van der Waals surface area contributed by atoms with Crippen LogP contribution in [-0.2, 0) is 12.7 Å². The summed E-state index contributed by atoms with van der Waals surface area (Å²) in [6.45, 7) is 1.89. The quantitative estimate of drug-likeness (QED) is 0.558. The van der Waals surface area contributed by atoms with Gasteiger partial charge in [-0.2, -0.15) is 13.2 Å². The lowest BCUT2D eigenvalue weighted by Gasteiger charge is -2.33. The number of guanidine groups is 1. The summed E-state index contributed by atoms with van der Waals surface area (Å²) in [6, 6.07) is 8.38. The minimum absolute atomic E-state index is 0.0204. The first-order valence-corrected chi connectivity index (χ1v) is 10.3. The van der Waals surface area contributed by atoms with Crippen LogP contribution in [-0.4, -0.2) is 39.2 Å². The molecule has 0 bridgehead atoms. The van der Waals surface area contributed by atoms with Crippen molar-refractivity contribution in [3.05, 3.63) is 46.8 Å². The van der Waals surface area contributed by atoms with Gasteiger partial charge in [0, 0.05) is 32.7 Å². The average molecular weight is 427 g/mol. The van der Waals surface area contributed by atoms with Gasteiger partial charge < -0.3 is 20.3 Å². The number of thiophene rings is 1. The highest BCUT2D eigenvalue weighted by Crippen LogP contribution is 2.34. The van der Waals surface area contributed by atoms with E-state index in [0.717, 1.165) is 32.0 Å². The molecule has 0 radical (unpaired) electrons. The van der Waals surface area contributed by atoms with Crippen molar-refractivity contribution in [3.8, 4) is 5.75 Å². The zero-order chi connectivity index (χ0) is 20.9. The fourth-order valence-electron chi connectivity index (χ4n) is 3.36. The Labute approximate surface area is 172 Å². The maximum absolute atomic E-state index is 13.4. The molecule has 1 aromatic carbocycles. The Bertz CT molecular complexity index is 816. The standard InChI is InChI=1S/C20H25F3N4OS/c1-24-19(26-15-7-9-27(10-8-15)18-4-3-11-29-18)25-13-14-5-6-16(28-2)12-17(14)20(21,22)23/h3-6,11-12,15H,7-10,13H2,1-2H3,(H2,24,25,26). The van der Waals surface area contributed by atoms with Gasteiger partial charge in [0.05, 0.1) is 17.7 Å². The van der Waals surface area contributed by atoms with Crippen LogP contribution < -0.4 is 20.3 Å². The third kappa shape index (κ3) is 5.56. The Morgan fingerprint density at radius 2 is 2.03 bits per heavy atom. The summed E-state index contributed by atoms with van der Waals surface area (Å²) in [7, 11) is 2.97. The van der Waals surface area contributed by atoms with Gasteiger partial charge in [0.2, 0.25) is 0 Å². The van der Waals surface area contributed by atoms with Crippen LogP contribution in [0, 0.1) is 0 Å². The second kappa shape index (κ2) is 9.39. The van der Waals surface area contributed by atoms with Crippen LogP contribution in [0.1, 0.15) is 24.0 Å². The van der Waals surface area contributed by atoms with E-state index < -0.39 is 11.7 Å². The number of methoxy groups -OCH3 is 1. The molecule has 9 heteroatoms. The van der Waals surface area contributed by atoms with Crippen LogP contribution in [0.3, 0.4) is 0 Å². The van der Waals surface area contributed by atoms with E-state index in [1.807, 2.05) is 6.07 Å². The summed E-state index contributed by atoms with van der Waals surface area (Å²) in [6.07, 6.45) is -2.57. The number of anilines is 1. The molecule has 1 aromatic heterocycles. The molecule has 1 aliphatic rings. The first-order valence-electron chi connectivity index (χ1n) is 9.40. The number of nitrogens with one attached hydrogen (secondary N) is 2. The van der Waals surface area contributed by atoms with Crippen LogP contribution in [0.4, 0.5) is 18.2 Å². The van der Waals surface area contributed by atoms with Crippen molar-refractivity contribution in [1.82, 2.24) is 10.6 Å². The number of rotatable bonds is 5. The average Bonchev–Trinajstić information content (AvgIpc) is 3.25. The topological polar surface area (TPSA) is 48.9 Å². The predicted molar refractivity (Wildman–Crippen MR) is 111 cm³/mol. The number of halogens is 3. The van der Waals surface area contributed by atoms with Crippen molar-refractivity contribution in [2.24, 2.45) is 4.99 Å². The SMILES string of the molecule is CN=C(NCc1ccc(OC)cc1C(F)(F)F)NC1CCN(c2cccs2)CC1. The molecule has 0 aliphatic carbocycles. The number of ether oxygens (including phenoxy) is 1. The van der Waals surface area contributed by atoms with Crippen molar-refractivity contribution >= 4 is 22.3 Å². The smallest absolute Gasteiger partial charge is 0.416 e. The molecule has 0 amide bonds. The van der Waals surface area contributed by atoms with E-state index in [1.165, 1.54) is 24.2 Å². The highest BCUT2D eigenvalue weighted by atomic mass is 32.1. The largest absolute Gasteiger partial charge is 0.497 e. The molecule has 0 saturated carbocycles. The Morgan fingerprint density at radius 1 is 1.28 bits per heavy atom. The molecular weight excluding hydrogens is 401 g/mol. The molecule has 158 valence electrons. The number of aliphatic imine (C=N–C) groups is 1. The van der Waals surface area contributed by atoms with E-state index in [4.69, 9.17) is 4.74 Å². The molecule has 2 N–H and O–H groups in total. The fourth-order valence-corrected chi connectivity index (χ4v) is 4.15. The molecule has 29 heavy (non-hydrogen) atoms. The van der Waals surface area contributed by atoms with Gasteiger partial charge in [0.25, 0.3) is 0 Å². The second-order valence-corrected chi connectivity index (χ2v) is 7.73. The highest BCUT2D eigenvalue weighted by molar-refractivity contribution is 7.14. The molecule has 0 atom stereocenters. The van der Waals surface area contributed by atoms with E-state index in [1.54, 1.807) is 18.4 Å². The van der Waals surface area contributed by atoms with Gasteiger partial charge in [0.15, 0.2) is 5.96 Å². The van der Waals surface area contributed by atoms with Crippen LogP contribution in [0.2, 0.25) is 0 Å². The lowest BCUT2D eigenvalue weighted by molar-refractivity contribution is -0.138. The summed E-state index contributed by atoms with van der Waals surface area (Å²) in [5, 5.41) is 9.68. The van der Waals surface area contributed by atoms with Crippen molar-refractivity contribution < 1.29 is 17.9 Å². The molecule has 2 aromatic rings. The minimum atomic E-state index is -4.45. The molecule has 2 heterocycles.